The number of hydrogen-bond donors (Lipinski definition) is 0. The Hall–Kier alpha value is -2.26. The number of furan rings is 1. The fraction of sp³-hybridized carbons (Fsp3) is 0.368. The van der Waals surface area contributed by atoms with Gasteiger partial charge in [-0.25, -0.2) is 9.78 Å². The first-order valence-corrected chi connectivity index (χ1v) is 9.38. The Morgan fingerprint density at radius 3 is 2.89 bits per heavy atom. The zero-order valence-corrected chi connectivity index (χ0v) is 15.8. The predicted molar refractivity (Wildman–Crippen MR) is 97.5 cm³/mol. The summed E-state index contributed by atoms with van der Waals surface area (Å²) >= 11 is 1.40. The molecule has 1 unspecified atom stereocenters. The Bertz CT molecular complexity index is 943. The van der Waals surface area contributed by atoms with Gasteiger partial charge in [0.15, 0.2) is 0 Å². The van der Waals surface area contributed by atoms with E-state index in [0.717, 1.165) is 10.3 Å². The molecule has 8 heteroatoms. The number of benzene rings is 1. The molecule has 1 aromatic carbocycles. The van der Waals surface area contributed by atoms with Crippen LogP contribution in [0, 0.1) is 0 Å². The van der Waals surface area contributed by atoms with Crippen LogP contribution in [0.3, 0.4) is 0 Å². The lowest BCUT2D eigenvalue weighted by atomic mass is 10.1. The zero-order valence-electron chi connectivity index (χ0n) is 15.0. The Labute approximate surface area is 159 Å². The molecule has 27 heavy (non-hydrogen) atoms. The molecule has 7 nitrogen and oxygen atoms in total. The predicted octanol–water partition coefficient (Wildman–Crippen LogP) is 4.00. The molecule has 1 fully saturated rings. The van der Waals surface area contributed by atoms with Gasteiger partial charge in [-0.3, -0.25) is 0 Å². The topological polar surface area (TPSA) is 80.0 Å². The first-order valence-electron chi connectivity index (χ1n) is 8.56. The summed E-state index contributed by atoms with van der Waals surface area (Å²) in [7, 11) is 1.57. The van der Waals surface area contributed by atoms with Crippen LogP contribution in [0.15, 0.2) is 34.9 Å². The Morgan fingerprint density at radius 1 is 1.33 bits per heavy atom. The van der Waals surface area contributed by atoms with Crippen molar-refractivity contribution in [3.8, 4) is 0 Å². The third kappa shape index (κ3) is 3.61. The van der Waals surface area contributed by atoms with Gasteiger partial charge in [0.25, 0.3) is 0 Å². The molecule has 0 saturated carbocycles. The number of carbonyl (C=O) groups is 1. The summed E-state index contributed by atoms with van der Waals surface area (Å²) < 4.78 is 27.5. The number of para-hydroxylation sites is 1. The van der Waals surface area contributed by atoms with Crippen molar-refractivity contribution in [2.75, 3.05) is 20.3 Å². The van der Waals surface area contributed by atoms with Gasteiger partial charge in [0, 0.05) is 24.3 Å². The second kappa shape index (κ2) is 7.77. The van der Waals surface area contributed by atoms with E-state index in [1.165, 1.54) is 11.3 Å². The molecule has 0 N–H and O–H groups in total. The van der Waals surface area contributed by atoms with Gasteiger partial charge in [0.1, 0.15) is 16.7 Å². The van der Waals surface area contributed by atoms with Crippen LogP contribution in [-0.2, 0) is 25.6 Å². The van der Waals surface area contributed by atoms with E-state index >= 15 is 0 Å². The number of ether oxygens (including phenoxy) is 4. The van der Waals surface area contributed by atoms with Crippen LogP contribution >= 0.6 is 11.3 Å². The van der Waals surface area contributed by atoms with Crippen molar-refractivity contribution in [2.24, 2.45) is 0 Å². The minimum Gasteiger partial charge on any atom is -0.451 e. The van der Waals surface area contributed by atoms with Gasteiger partial charge in [0.05, 0.1) is 24.7 Å². The van der Waals surface area contributed by atoms with Gasteiger partial charge in [-0.15, -0.1) is 11.3 Å². The highest BCUT2D eigenvalue weighted by atomic mass is 32.1. The van der Waals surface area contributed by atoms with E-state index in [1.54, 1.807) is 20.2 Å². The van der Waals surface area contributed by atoms with Crippen molar-refractivity contribution in [3.63, 3.8) is 0 Å². The standard InChI is InChI=1S/C19H19NO6S/c1-11(15-9-20-17(27-15)19-23-7-8-24-19)25-18(21)16-13(10-22-2)12-5-3-4-6-14(12)26-16/h3-6,9,11,19H,7-8,10H2,1-2H3. The van der Waals surface area contributed by atoms with Crippen LogP contribution in [0.4, 0.5) is 0 Å². The highest BCUT2D eigenvalue weighted by Gasteiger charge is 2.26. The van der Waals surface area contributed by atoms with Crippen LogP contribution in [0.1, 0.15) is 45.3 Å². The van der Waals surface area contributed by atoms with Gasteiger partial charge < -0.3 is 23.4 Å². The molecule has 0 amide bonds. The maximum atomic E-state index is 12.7. The molecule has 0 bridgehead atoms. The number of hydrogen-bond acceptors (Lipinski definition) is 8. The summed E-state index contributed by atoms with van der Waals surface area (Å²) in [6.07, 6.45) is 0.765. The lowest BCUT2D eigenvalue weighted by molar-refractivity contribution is -0.0442. The van der Waals surface area contributed by atoms with Crippen LogP contribution in [-0.4, -0.2) is 31.3 Å². The van der Waals surface area contributed by atoms with Crippen LogP contribution < -0.4 is 0 Å². The minimum atomic E-state index is -0.533. The minimum absolute atomic E-state index is 0.164. The van der Waals surface area contributed by atoms with Crippen molar-refractivity contribution in [1.82, 2.24) is 4.98 Å². The van der Waals surface area contributed by atoms with E-state index in [2.05, 4.69) is 4.98 Å². The molecule has 3 aromatic rings. The monoisotopic (exact) mass is 389 g/mol. The third-order valence-electron chi connectivity index (χ3n) is 4.22. The molecule has 1 saturated heterocycles. The van der Waals surface area contributed by atoms with Crippen molar-refractivity contribution in [2.45, 2.75) is 25.9 Å². The zero-order chi connectivity index (χ0) is 18.8. The molecular formula is C19H19NO6S. The second-order valence-electron chi connectivity index (χ2n) is 6.06. The molecule has 3 heterocycles. The highest BCUT2D eigenvalue weighted by molar-refractivity contribution is 7.11. The van der Waals surface area contributed by atoms with Crippen LogP contribution in [0.2, 0.25) is 0 Å². The number of nitrogens with zero attached hydrogens (tertiary/aromatic N) is 1. The largest absolute Gasteiger partial charge is 0.451 e. The van der Waals surface area contributed by atoms with E-state index in [0.29, 0.717) is 29.4 Å². The molecule has 1 atom stereocenters. The number of esters is 1. The lowest BCUT2D eigenvalue weighted by Gasteiger charge is -2.11. The molecule has 0 aliphatic carbocycles. The summed E-state index contributed by atoms with van der Waals surface area (Å²) in [6.45, 7) is 3.16. The van der Waals surface area contributed by atoms with Crippen LogP contribution in [0.5, 0.6) is 0 Å². The molecule has 1 aliphatic rings. The SMILES string of the molecule is COCc1c(C(=O)OC(C)c2cnc(C3OCCO3)s2)oc2ccccc12. The number of aromatic nitrogens is 1. The summed E-state index contributed by atoms with van der Waals surface area (Å²) in [5.74, 6) is -0.369. The van der Waals surface area contributed by atoms with E-state index in [-0.39, 0.29) is 12.4 Å². The van der Waals surface area contributed by atoms with Crippen LogP contribution in [0.25, 0.3) is 11.0 Å². The molecule has 142 valence electrons. The van der Waals surface area contributed by atoms with E-state index in [4.69, 9.17) is 23.4 Å². The Balaban J connectivity index is 1.53. The number of methoxy groups -OCH3 is 1. The Kier molecular flexibility index (Phi) is 5.22. The molecule has 0 radical (unpaired) electrons. The maximum Gasteiger partial charge on any atom is 0.375 e. The Morgan fingerprint density at radius 2 is 2.11 bits per heavy atom. The molecule has 2 aromatic heterocycles. The summed E-state index contributed by atoms with van der Waals surface area (Å²) in [6, 6.07) is 7.45. The number of fused-ring (bicyclic) bond motifs is 1. The first kappa shape index (κ1) is 18.1. The van der Waals surface area contributed by atoms with E-state index in [1.807, 2.05) is 24.3 Å². The summed E-state index contributed by atoms with van der Waals surface area (Å²) in [5, 5.41) is 1.56. The van der Waals surface area contributed by atoms with Gasteiger partial charge in [-0.05, 0) is 13.0 Å². The second-order valence-corrected chi connectivity index (χ2v) is 7.15. The average molecular weight is 389 g/mol. The van der Waals surface area contributed by atoms with Gasteiger partial charge in [-0.2, -0.15) is 0 Å². The lowest BCUT2D eigenvalue weighted by Crippen LogP contribution is -2.10. The van der Waals surface area contributed by atoms with Crippen molar-refractivity contribution >= 4 is 28.3 Å². The smallest absolute Gasteiger partial charge is 0.375 e. The highest BCUT2D eigenvalue weighted by Crippen LogP contribution is 2.33. The number of thiazole rings is 1. The molecule has 1 aliphatic heterocycles. The molecular weight excluding hydrogens is 370 g/mol. The van der Waals surface area contributed by atoms with Crippen molar-refractivity contribution in [3.05, 3.63) is 51.7 Å². The first-order chi connectivity index (χ1) is 13.2. The quantitative estimate of drug-likeness (QED) is 0.590. The van der Waals surface area contributed by atoms with Gasteiger partial charge in [0.2, 0.25) is 12.1 Å². The van der Waals surface area contributed by atoms with Gasteiger partial charge in [-0.1, -0.05) is 18.2 Å². The summed E-state index contributed by atoms with van der Waals surface area (Å²) in [4.78, 5) is 17.8. The normalized spacial score (nSPS) is 16.1. The molecule has 0 spiro atoms. The summed E-state index contributed by atoms with van der Waals surface area (Å²) in [5.41, 5.74) is 1.31. The van der Waals surface area contributed by atoms with Crippen molar-refractivity contribution in [1.29, 1.82) is 0 Å². The number of carbonyl (C=O) groups excluding carboxylic acids is 1. The average Bonchev–Trinajstić information content (AvgIpc) is 3.41. The van der Waals surface area contributed by atoms with E-state index in [9.17, 15) is 4.79 Å². The van der Waals surface area contributed by atoms with E-state index < -0.39 is 18.4 Å². The number of rotatable bonds is 6. The maximum absolute atomic E-state index is 12.7. The van der Waals surface area contributed by atoms with Crippen molar-refractivity contribution < 1.29 is 28.2 Å². The molecule has 4 rings (SSSR count). The fourth-order valence-corrected chi connectivity index (χ4v) is 3.82. The van der Waals surface area contributed by atoms with Gasteiger partial charge >= 0.3 is 5.97 Å². The fourth-order valence-electron chi connectivity index (χ4n) is 2.92. The third-order valence-corrected chi connectivity index (χ3v) is 5.40.